The summed E-state index contributed by atoms with van der Waals surface area (Å²) in [7, 11) is 0. The number of amides is 1. The summed E-state index contributed by atoms with van der Waals surface area (Å²) in [6.07, 6.45) is -6.66. The van der Waals surface area contributed by atoms with Gasteiger partial charge in [0.2, 0.25) is 0 Å². The van der Waals surface area contributed by atoms with Gasteiger partial charge in [-0.05, 0) is 59.5 Å². The number of alkyl halides is 6. The van der Waals surface area contributed by atoms with E-state index in [9.17, 15) is 35.5 Å². The topological polar surface area (TPSA) is 33.2 Å². The molecule has 178 valence electrons. The smallest absolute Gasteiger partial charge is 0.338 e. The first-order valence-electron chi connectivity index (χ1n) is 10.2. The first kappa shape index (κ1) is 23.7. The Morgan fingerprint density at radius 2 is 1.47 bits per heavy atom. The maximum Gasteiger partial charge on any atom is 0.416 e. The van der Waals surface area contributed by atoms with Crippen molar-refractivity contribution < 1.29 is 35.5 Å². The molecule has 3 aromatic rings. The summed E-state index contributed by atoms with van der Waals surface area (Å²) < 4.78 is 92.2. The molecule has 1 atom stereocenters. The Kier molecular flexibility index (Phi) is 6.09. The van der Waals surface area contributed by atoms with Gasteiger partial charge in [0.1, 0.15) is 5.82 Å². The third-order valence-electron chi connectivity index (χ3n) is 5.73. The lowest BCUT2D eigenvalue weighted by Crippen LogP contribution is -2.28. The van der Waals surface area contributed by atoms with E-state index in [1.807, 2.05) is 0 Å². The molecular formula is C24H17F7N2O. The molecule has 3 nitrogen and oxygen atoms in total. The van der Waals surface area contributed by atoms with Gasteiger partial charge in [0.15, 0.2) is 0 Å². The predicted molar refractivity (Wildman–Crippen MR) is 109 cm³/mol. The van der Waals surface area contributed by atoms with Crippen LogP contribution in [0.5, 0.6) is 0 Å². The number of hydrogen-bond donors (Lipinski definition) is 0. The standard InChI is InChI=1S/C24H17F7N2O/c25-21-9-18(11-32-12-21)16-5-6-33(13-16)22(34)15-3-1-14(2-4-15)17-7-19(23(26,27)28)10-20(8-17)24(29,30)31/h1-4,7-12,16H,5-6,13H2. The number of rotatable bonds is 3. The fourth-order valence-electron chi connectivity index (χ4n) is 3.98. The van der Waals surface area contributed by atoms with Crippen LogP contribution in [0.25, 0.3) is 11.1 Å². The quantitative estimate of drug-likeness (QED) is 0.397. The van der Waals surface area contributed by atoms with Gasteiger partial charge < -0.3 is 4.90 Å². The van der Waals surface area contributed by atoms with E-state index >= 15 is 0 Å². The third-order valence-corrected chi connectivity index (χ3v) is 5.73. The summed E-state index contributed by atoms with van der Waals surface area (Å²) in [4.78, 5) is 18.2. The first-order chi connectivity index (χ1) is 15.9. The zero-order valence-electron chi connectivity index (χ0n) is 17.4. The van der Waals surface area contributed by atoms with Crippen molar-refractivity contribution in [2.24, 2.45) is 0 Å². The van der Waals surface area contributed by atoms with Crippen molar-refractivity contribution in [2.75, 3.05) is 13.1 Å². The molecule has 0 saturated carbocycles. The van der Waals surface area contributed by atoms with Gasteiger partial charge in [0.25, 0.3) is 5.91 Å². The maximum atomic E-state index is 13.4. The molecule has 0 spiro atoms. The van der Waals surface area contributed by atoms with E-state index in [1.165, 1.54) is 30.3 Å². The average molecular weight is 482 g/mol. The van der Waals surface area contributed by atoms with Crippen molar-refractivity contribution in [1.29, 1.82) is 0 Å². The summed E-state index contributed by atoms with van der Waals surface area (Å²) in [6, 6.07) is 8.07. The lowest BCUT2D eigenvalue weighted by molar-refractivity contribution is -0.143. The molecule has 0 bridgehead atoms. The van der Waals surface area contributed by atoms with Gasteiger partial charge in [0, 0.05) is 30.8 Å². The van der Waals surface area contributed by atoms with Gasteiger partial charge in [-0.3, -0.25) is 9.78 Å². The number of carbonyl (C=O) groups excluding carboxylic acids is 1. The van der Waals surface area contributed by atoms with E-state index in [0.717, 1.165) is 6.20 Å². The number of nitrogens with zero attached hydrogens (tertiary/aromatic N) is 2. The van der Waals surface area contributed by atoms with E-state index < -0.39 is 29.3 Å². The Labute approximate surface area is 189 Å². The Morgan fingerprint density at radius 1 is 0.853 bits per heavy atom. The summed E-state index contributed by atoms with van der Waals surface area (Å²) in [5, 5.41) is 0. The van der Waals surface area contributed by atoms with Crippen LogP contribution in [0.15, 0.2) is 60.9 Å². The van der Waals surface area contributed by atoms with Gasteiger partial charge in [0.05, 0.1) is 17.3 Å². The summed E-state index contributed by atoms with van der Waals surface area (Å²) in [5.74, 6) is -0.892. The van der Waals surface area contributed by atoms with Crippen molar-refractivity contribution in [2.45, 2.75) is 24.7 Å². The molecule has 1 fully saturated rings. The average Bonchev–Trinajstić information content (AvgIpc) is 3.28. The number of likely N-dealkylation sites (tertiary alicyclic amines) is 1. The molecule has 0 radical (unpaired) electrons. The maximum absolute atomic E-state index is 13.4. The summed E-state index contributed by atoms with van der Waals surface area (Å²) in [5.41, 5.74) is -2.06. The molecule has 1 aliphatic rings. The molecule has 0 N–H and O–H groups in total. The molecule has 1 unspecified atom stereocenters. The van der Waals surface area contributed by atoms with Crippen LogP contribution < -0.4 is 0 Å². The molecule has 4 rings (SSSR count). The second kappa shape index (κ2) is 8.73. The van der Waals surface area contributed by atoms with Gasteiger partial charge >= 0.3 is 12.4 Å². The highest BCUT2D eigenvalue weighted by atomic mass is 19.4. The van der Waals surface area contributed by atoms with Gasteiger partial charge in [-0.1, -0.05) is 12.1 Å². The van der Waals surface area contributed by atoms with Gasteiger partial charge in [-0.15, -0.1) is 0 Å². The second-order valence-electron chi connectivity index (χ2n) is 8.05. The Bertz CT molecular complexity index is 1170. The van der Waals surface area contributed by atoms with Crippen LogP contribution in [0.3, 0.4) is 0 Å². The van der Waals surface area contributed by atoms with Gasteiger partial charge in [-0.2, -0.15) is 26.3 Å². The number of halogens is 7. The molecule has 1 aromatic heterocycles. The molecule has 2 aromatic carbocycles. The van der Waals surface area contributed by atoms with Crippen molar-refractivity contribution >= 4 is 5.91 Å². The zero-order chi connectivity index (χ0) is 24.7. The van der Waals surface area contributed by atoms with Crippen molar-refractivity contribution in [3.05, 3.63) is 89.0 Å². The molecular weight excluding hydrogens is 465 g/mol. The Balaban J connectivity index is 1.55. The van der Waals surface area contributed by atoms with Crippen molar-refractivity contribution in [1.82, 2.24) is 9.88 Å². The third kappa shape index (κ3) is 5.05. The Hall–Kier alpha value is -3.43. The first-order valence-corrected chi connectivity index (χ1v) is 10.2. The predicted octanol–water partition coefficient (Wildman–Crippen LogP) is 6.56. The van der Waals surface area contributed by atoms with E-state index in [4.69, 9.17) is 0 Å². The molecule has 1 amide bonds. The van der Waals surface area contributed by atoms with Crippen LogP contribution in [0, 0.1) is 5.82 Å². The molecule has 1 aliphatic heterocycles. The number of benzene rings is 2. The summed E-state index contributed by atoms with van der Waals surface area (Å²) >= 11 is 0. The second-order valence-corrected chi connectivity index (χ2v) is 8.05. The number of pyridine rings is 1. The molecule has 34 heavy (non-hydrogen) atoms. The fourth-order valence-corrected chi connectivity index (χ4v) is 3.98. The highest BCUT2D eigenvalue weighted by molar-refractivity contribution is 5.95. The SMILES string of the molecule is O=C(c1ccc(-c2cc(C(F)(F)F)cc(C(F)(F)F)c2)cc1)N1CCC(c2cncc(F)c2)C1. The number of carbonyl (C=O) groups is 1. The highest BCUT2D eigenvalue weighted by Crippen LogP contribution is 2.38. The normalized spacial score (nSPS) is 16.7. The van der Waals surface area contributed by atoms with E-state index in [0.29, 0.717) is 37.2 Å². The lowest BCUT2D eigenvalue weighted by atomic mass is 9.98. The number of aromatic nitrogens is 1. The van der Waals surface area contributed by atoms with Crippen LogP contribution in [-0.4, -0.2) is 28.9 Å². The largest absolute Gasteiger partial charge is 0.416 e. The van der Waals surface area contributed by atoms with Crippen LogP contribution in [-0.2, 0) is 12.4 Å². The van der Waals surface area contributed by atoms with E-state index in [-0.39, 0.29) is 34.6 Å². The van der Waals surface area contributed by atoms with Crippen LogP contribution in [0.2, 0.25) is 0 Å². The van der Waals surface area contributed by atoms with Crippen LogP contribution in [0.1, 0.15) is 39.4 Å². The molecule has 10 heteroatoms. The monoisotopic (exact) mass is 482 g/mol. The summed E-state index contributed by atoms with van der Waals surface area (Å²) in [6.45, 7) is 0.763. The Morgan fingerprint density at radius 3 is 2.03 bits per heavy atom. The zero-order valence-corrected chi connectivity index (χ0v) is 17.4. The number of hydrogen-bond acceptors (Lipinski definition) is 2. The van der Waals surface area contributed by atoms with Crippen molar-refractivity contribution in [3.63, 3.8) is 0 Å². The van der Waals surface area contributed by atoms with Crippen molar-refractivity contribution in [3.8, 4) is 11.1 Å². The minimum absolute atomic E-state index is 0.0688. The molecule has 1 saturated heterocycles. The van der Waals surface area contributed by atoms with E-state index in [1.54, 1.807) is 11.1 Å². The van der Waals surface area contributed by atoms with Crippen LogP contribution in [0.4, 0.5) is 30.7 Å². The van der Waals surface area contributed by atoms with E-state index in [2.05, 4.69) is 4.98 Å². The lowest BCUT2D eigenvalue weighted by Gasteiger charge is -2.17. The molecule has 2 heterocycles. The van der Waals surface area contributed by atoms with Gasteiger partial charge in [-0.25, -0.2) is 4.39 Å². The van der Waals surface area contributed by atoms with Crippen LogP contribution >= 0.6 is 0 Å². The highest BCUT2D eigenvalue weighted by Gasteiger charge is 2.37. The minimum atomic E-state index is -4.95. The fraction of sp³-hybridized carbons (Fsp3) is 0.250. The molecule has 0 aliphatic carbocycles. The minimum Gasteiger partial charge on any atom is -0.338 e.